The SMILES string of the molecule is O=C(NCc1ccccc1CN1CCCC1)c1ccc(Cl)s1. The Bertz CT molecular complexity index is 650. The van der Waals surface area contributed by atoms with Crippen molar-refractivity contribution in [2.45, 2.75) is 25.9 Å². The molecule has 1 aromatic carbocycles. The van der Waals surface area contributed by atoms with E-state index in [0.29, 0.717) is 15.8 Å². The van der Waals surface area contributed by atoms with E-state index >= 15 is 0 Å². The molecule has 0 unspecified atom stereocenters. The topological polar surface area (TPSA) is 32.3 Å². The van der Waals surface area contributed by atoms with E-state index in [2.05, 4.69) is 28.4 Å². The van der Waals surface area contributed by atoms with E-state index in [1.165, 1.54) is 48.4 Å². The van der Waals surface area contributed by atoms with Crippen molar-refractivity contribution < 1.29 is 4.79 Å². The van der Waals surface area contributed by atoms with Crippen LogP contribution >= 0.6 is 22.9 Å². The summed E-state index contributed by atoms with van der Waals surface area (Å²) in [5.41, 5.74) is 2.49. The lowest BCUT2D eigenvalue weighted by molar-refractivity contribution is 0.0955. The number of rotatable bonds is 5. The molecule has 3 nitrogen and oxygen atoms in total. The molecule has 1 N–H and O–H groups in total. The van der Waals surface area contributed by atoms with Crippen molar-refractivity contribution >= 4 is 28.8 Å². The first-order valence-corrected chi connectivity index (χ1v) is 8.74. The standard InChI is InChI=1S/C17H19ClN2OS/c18-16-8-7-15(22-16)17(21)19-11-13-5-1-2-6-14(13)12-20-9-3-4-10-20/h1-2,5-8H,3-4,9-12H2,(H,19,21). The molecule has 5 heteroatoms. The molecule has 2 heterocycles. The minimum atomic E-state index is -0.0622. The second-order valence-electron chi connectivity index (χ2n) is 5.54. The van der Waals surface area contributed by atoms with Gasteiger partial charge in [0, 0.05) is 13.1 Å². The van der Waals surface area contributed by atoms with Crippen LogP contribution < -0.4 is 5.32 Å². The molecule has 22 heavy (non-hydrogen) atoms. The summed E-state index contributed by atoms with van der Waals surface area (Å²) >= 11 is 7.18. The Morgan fingerprint density at radius 2 is 1.86 bits per heavy atom. The molecule has 1 fully saturated rings. The maximum atomic E-state index is 12.1. The Morgan fingerprint density at radius 3 is 2.55 bits per heavy atom. The van der Waals surface area contributed by atoms with Crippen LogP contribution in [0.1, 0.15) is 33.6 Å². The fraction of sp³-hybridized carbons (Fsp3) is 0.353. The van der Waals surface area contributed by atoms with Gasteiger partial charge in [-0.3, -0.25) is 9.69 Å². The van der Waals surface area contributed by atoms with Gasteiger partial charge in [-0.05, 0) is 49.2 Å². The normalized spacial score (nSPS) is 15.1. The Balaban J connectivity index is 1.63. The maximum Gasteiger partial charge on any atom is 0.261 e. The molecule has 0 atom stereocenters. The van der Waals surface area contributed by atoms with E-state index in [-0.39, 0.29) is 5.91 Å². The predicted octanol–water partition coefficient (Wildman–Crippen LogP) is 3.93. The first-order valence-electron chi connectivity index (χ1n) is 7.55. The van der Waals surface area contributed by atoms with Crippen molar-refractivity contribution in [1.82, 2.24) is 10.2 Å². The predicted molar refractivity (Wildman–Crippen MR) is 91.5 cm³/mol. The average molecular weight is 335 g/mol. The number of nitrogens with zero attached hydrogens (tertiary/aromatic N) is 1. The van der Waals surface area contributed by atoms with E-state index in [1.807, 2.05) is 6.07 Å². The van der Waals surface area contributed by atoms with Gasteiger partial charge in [-0.15, -0.1) is 11.3 Å². The van der Waals surface area contributed by atoms with E-state index in [4.69, 9.17) is 11.6 Å². The van der Waals surface area contributed by atoms with Gasteiger partial charge in [-0.2, -0.15) is 0 Å². The highest BCUT2D eigenvalue weighted by Gasteiger charge is 2.14. The van der Waals surface area contributed by atoms with Crippen LogP contribution in [0.4, 0.5) is 0 Å². The molecule has 1 aliphatic heterocycles. The average Bonchev–Trinajstić information content (AvgIpc) is 3.18. The van der Waals surface area contributed by atoms with Crippen LogP contribution in [-0.4, -0.2) is 23.9 Å². The zero-order valence-electron chi connectivity index (χ0n) is 12.3. The quantitative estimate of drug-likeness (QED) is 0.898. The van der Waals surface area contributed by atoms with E-state index in [9.17, 15) is 4.79 Å². The lowest BCUT2D eigenvalue weighted by Crippen LogP contribution is -2.24. The summed E-state index contributed by atoms with van der Waals surface area (Å²) in [7, 11) is 0. The van der Waals surface area contributed by atoms with Crippen molar-refractivity contribution in [3.05, 3.63) is 56.7 Å². The molecular formula is C17H19ClN2OS. The molecule has 0 spiro atoms. The van der Waals surface area contributed by atoms with Crippen molar-refractivity contribution in [3.63, 3.8) is 0 Å². The lowest BCUT2D eigenvalue weighted by Gasteiger charge is -2.17. The van der Waals surface area contributed by atoms with Gasteiger partial charge in [-0.25, -0.2) is 0 Å². The van der Waals surface area contributed by atoms with Crippen LogP contribution in [0.25, 0.3) is 0 Å². The summed E-state index contributed by atoms with van der Waals surface area (Å²) in [6.45, 7) is 3.87. The first kappa shape index (κ1) is 15.5. The number of hydrogen-bond donors (Lipinski definition) is 1. The number of halogens is 1. The number of carbonyl (C=O) groups excluding carboxylic acids is 1. The number of hydrogen-bond acceptors (Lipinski definition) is 3. The summed E-state index contributed by atoms with van der Waals surface area (Å²) in [4.78, 5) is 15.2. The zero-order chi connectivity index (χ0) is 15.4. The summed E-state index contributed by atoms with van der Waals surface area (Å²) < 4.78 is 0.639. The molecule has 1 amide bonds. The number of likely N-dealkylation sites (tertiary alicyclic amines) is 1. The van der Waals surface area contributed by atoms with Crippen molar-refractivity contribution in [2.75, 3.05) is 13.1 Å². The number of benzene rings is 1. The van der Waals surface area contributed by atoms with E-state index in [1.54, 1.807) is 12.1 Å². The smallest absolute Gasteiger partial charge is 0.261 e. The lowest BCUT2D eigenvalue weighted by atomic mass is 10.1. The Hall–Kier alpha value is -1.36. The Morgan fingerprint density at radius 1 is 1.14 bits per heavy atom. The van der Waals surface area contributed by atoms with Crippen molar-refractivity contribution in [2.24, 2.45) is 0 Å². The molecule has 116 valence electrons. The number of amides is 1. The fourth-order valence-electron chi connectivity index (χ4n) is 2.76. The van der Waals surface area contributed by atoms with Crippen LogP contribution in [0.3, 0.4) is 0 Å². The number of nitrogens with one attached hydrogen (secondary N) is 1. The van der Waals surface area contributed by atoms with Crippen LogP contribution in [0.2, 0.25) is 4.34 Å². The van der Waals surface area contributed by atoms with Gasteiger partial charge < -0.3 is 5.32 Å². The molecule has 3 rings (SSSR count). The highest BCUT2D eigenvalue weighted by atomic mass is 35.5. The minimum absolute atomic E-state index is 0.0622. The largest absolute Gasteiger partial charge is 0.347 e. The van der Waals surface area contributed by atoms with Gasteiger partial charge in [0.1, 0.15) is 0 Å². The van der Waals surface area contributed by atoms with Crippen LogP contribution in [-0.2, 0) is 13.1 Å². The molecule has 1 aromatic heterocycles. The van der Waals surface area contributed by atoms with Gasteiger partial charge in [-0.1, -0.05) is 35.9 Å². The van der Waals surface area contributed by atoms with Crippen LogP contribution in [0, 0.1) is 0 Å². The maximum absolute atomic E-state index is 12.1. The third kappa shape index (κ3) is 3.88. The molecule has 2 aromatic rings. The third-order valence-electron chi connectivity index (χ3n) is 3.95. The van der Waals surface area contributed by atoms with Gasteiger partial charge in [0.25, 0.3) is 5.91 Å². The Kier molecular flexibility index (Phi) is 5.13. The molecule has 0 aliphatic carbocycles. The highest BCUT2D eigenvalue weighted by molar-refractivity contribution is 7.17. The van der Waals surface area contributed by atoms with Gasteiger partial charge in [0.15, 0.2) is 0 Å². The monoisotopic (exact) mass is 334 g/mol. The van der Waals surface area contributed by atoms with Crippen molar-refractivity contribution in [3.8, 4) is 0 Å². The Labute approximate surface area is 139 Å². The van der Waals surface area contributed by atoms with Gasteiger partial charge in [0.2, 0.25) is 0 Å². The molecule has 0 bridgehead atoms. The first-order chi connectivity index (χ1) is 10.7. The minimum Gasteiger partial charge on any atom is -0.347 e. The fourth-order valence-corrected chi connectivity index (χ4v) is 3.72. The van der Waals surface area contributed by atoms with E-state index < -0.39 is 0 Å². The summed E-state index contributed by atoms with van der Waals surface area (Å²) in [5, 5.41) is 2.99. The summed E-state index contributed by atoms with van der Waals surface area (Å²) in [6.07, 6.45) is 2.58. The van der Waals surface area contributed by atoms with Crippen LogP contribution in [0.5, 0.6) is 0 Å². The third-order valence-corrected chi connectivity index (χ3v) is 5.18. The molecule has 1 aliphatic rings. The molecule has 0 radical (unpaired) electrons. The number of thiophene rings is 1. The summed E-state index contributed by atoms with van der Waals surface area (Å²) in [5.74, 6) is -0.0622. The van der Waals surface area contributed by atoms with Crippen molar-refractivity contribution in [1.29, 1.82) is 0 Å². The molecular weight excluding hydrogens is 316 g/mol. The van der Waals surface area contributed by atoms with Gasteiger partial charge in [0.05, 0.1) is 9.21 Å². The molecule has 0 saturated carbocycles. The van der Waals surface area contributed by atoms with E-state index in [0.717, 1.165) is 6.54 Å². The summed E-state index contributed by atoms with van der Waals surface area (Å²) in [6, 6.07) is 11.8. The van der Waals surface area contributed by atoms with Crippen LogP contribution in [0.15, 0.2) is 36.4 Å². The van der Waals surface area contributed by atoms with Gasteiger partial charge >= 0.3 is 0 Å². The zero-order valence-corrected chi connectivity index (χ0v) is 13.9. The second kappa shape index (κ2) is 7.27. The second-order valence-corrected chi connectivity index (χ2v) is 7.25. The number of carbonyl (C=O) groups is 1. The molecule has 1 saturated heterocycles. The highest BCUT2D eigenvalue weighted by Crippen LogP contribution is 2.21.